The molecule has 1 heterocycles. The number of likely N-dealkylation sites (tertiary alicyclic amines) is 1. The number of hydrogen-bond acceptors (Lipinski definition) is 6. The quantitative estimate of drug-likeness (QED) is 0.662. The van der Waals surface area contributed by atoms with Gasteiger partial charge >= 0.3 is 0 Å². The second-order valence-corrected chi connectivity index (χ2v) is 8.50. The maximum absolute atomic E-state index is 12.5. The van der Waals surface area contributed by atoms with Crippen LogP contribution >= 0.6 is 0 Å². The minimum atomic E-state index is -3.48. The van der Waals surface area contributed by atoms with Gasteiger partial charge in [0.1, 0.15) is 11.8 Å². The van der Waals surface area contributed by atoms with E-state index in [1.54, 1.807) is 12.1 Å². The Morgan fingerprint density at radius 3 is 2.58 bits per heavy atom. The molecule has 0 aliphatic carbocycles. The first-order valence-corrected chi connectivity index (χ1v) is 10.3. The standard InChI is InChI=1S/C17H25N3O5S/c1-11(2)7-8-20-16(21)10-14(17(20)22)18-12-5-6-15(25-3)13(9-12)19-26(4,23)24/h5-6,9,11,14,18-19H,7-8,10H2,1-4H3/t14-/m1/s1. The maximum atomic E-state index is 12.5. The lowest BCUT2D eigenvalue weighted by Crippen LogP contribution is -2.35. The summed E-state index contributed by atoms with van der Waals surface area (Å²) in [4.78, 5) is 25.9. The van der Waals surface area contributed by atoms with Crippen molar-refractivity contribution >= 4 is 33.2 Å². The zero-order valence-electron chi connectivity index (χ0n) is 15.4. The fourth-order valence-electron chi connectivity index (χ4n) is 2.70. The molecule has 1 aromatic rings. The maximum Gasteiger partial charge on any atom is 0.252 e. The number of imide groups is 1. The number of nitrogens with one attached hydrogen (secondary N) is 2. The van der Waals surface area contributed by atoms with Gasteiger partial charge in [-0.15, -0.1) is 0 Å². The van der Waals surface area contributed by atoms with E-state index in [9.17, 15) is 18.0 Å². The van der Waals surface area contributed by atoms with Crippen LogP contribution in [0.1, 0.15) is 26.7 Å². The summed E-state index contributed by atoms with van der Waals surface area (Å²) in [6.45, 7) is 4.49. The summed E-state index contributed by atoms with van der Waals surface area (Å²) in [5.41, 5.74) is 0.780. The fourth-order valence-corrected chi connectivity index (χ4v) is 3.26. The number of carbonyl (C=O) groups excluding carboxylic acids is 2. The van der Waals surface area contributed by atoms with E-state index in [1.165, 1.54) is 18.1 Å². The largest absolute Gasteiger partial charge is 0.495 e. The van der Waals surface area contributed by atoms with Crippen LogP contribution in [0.2, 0.25) is 0 Å². The Bertz CT molecular complexity index is 792. The third kappa shape index (κ3) is 5.10. The lowest BCUT2D eigenvalue weighted by Gasteiger charge is -2.18. The highest BCUT2D eigenvalue weighted by molar-refractivity contribution is 7.92. The average molecular weight is 383 g/mol. The average Bonchev–Trinajstić information content (AvgIpc) is 2.78. The van der Waals surface area contributed by atoms with Gasteiger partial charge in [0.25, 0.3) is 5.91 Å². The number of ether oxygens (including phenoxy) is 1. The molecular formula is C17H25N3O5S. The first kappa shape index (κ1) is 20.0. The summed E-state index contributed by atoms with van der Waals surface area (Å²) in [7, 11) is -2.05. The number of amides is 2. The molecule has 26 heavy (non-hydrogen) atoms. The van der Waals surface area contributed by atoms with Crippen LogP contribution in [0, 0.1) is 5.92 Å². The molecule has 9 heteroatoms. The van der Waals surface area contributed by atoms with E-state index in [2.05, 4.69) is 10.0 Å². The van der Waals surface area contributed by atoms with Crippen molar-refractivity contribution in [1.29, 1.82) is 0 Å². The summed E-state index contributed by atoms with van der Waals surface area (Å²) in [5.74, 6) is 0.294. The highest BCUT2D eigenvalue weighted by Gasteiger charge is 2.38. The van der Waals surface area contributed by atoms with Crippen molar-refractivity contribution in [3.8, 4) is 5.75 Å². The number of methoxy groups -OCH3 is 1. The van der Waals surface area contributed by atoms with E-state index >= 15 is 0 Å². The molecule has 0 aromatic heterocycles. The molecule has 2 amide bonds. The molecule has 1 aromatic carbocycles. The van der Waals surface area contributed by atoms with Crippen LogP contribution in [0.3, 0.4) is 0 Å². The molecule has 0 bridgehead atoms. The van der Waals surface area contributed by atoms with E-state index < -0.39 is 16.1 Å². The summed E-state index contributed by atoms with van der Waals surface area (Å²) < 4.78 is 30.5. The van der Waals surface area contributed by atoms with Crippen LogP contribution in [0.4, 0.5) is 11.4 Å². The Kier molecular flexibility index (Phi) is 6.12. The number of nitrogens with zero attached hydrogens (tertiary/aromatic N) is 1. The molecule has 8 nitrogen and oxygen atoms in total. The molecular weight excluding hydrogens is 358 g/mol. The summed E-state index contributed by atoms with van der Waals surface area (Å²) in [5, 5.41) is 3.01. The monoisotopic (exact) mass is 383 g/mol. The minimum Gasteiger partial charge on any atom is -0.495 e. The molecule has 1 fully saturated rings. The van der Waals surface area contributed by atoms with Crippen LogP contribution in [0.15, 0.2) is 18.2 Å². The zero-order valence-corrected chi connectivity index (χ0v) is 16.2. The van der Waals surface area contributed by atoms with E-state index in [-0.39, 0.29) is 23.9 Å². The first-order valence-electron chi connectivity index (χ1n) is 8.37. The predicted octanol–water partition coefficient (Wildman–Crippen LogP) is 1.65. The molecule has 1 atom stereocenters. The summed E-state index contributed by atoms with van der Waals surface area (Å²) in [6, 6.07) is 4.14. The highest BCUT2D eigenvalue weighted by Crippen LogP contribution is 2.30. The SMILES string of the molecule is COc1ccc(N[C@@H]2CC(=O)N(CCC(C)C)C2=O)cc1NS(C)(=O)=O. The third-order valence-corrected chi connectivity index (χ3v) is 4.60. The predicted molar refractivity (Wildman–Crippen MR) is 99.7 cm³/mol. The Morgan fingerprint density at radius 2 is 2.00 bits per heavy atom. The number of sulfonamides is 1. The third-order valence-electron chi connectivity index (χ3n) is 4.01. The van der Waals surface area contributed by atoms with Crippen molar-refractivity contribution in [2.75, 3.05) is 29.9 Å². The van der Waals surface area contributed by atoms with Crippen LogP contribution in [0.5, 0.6) is 5.75 Å². The van der Waals surface area contributed by atoms with Gasteiger partial charge in [-0.2, -0.15) is 0 Å². The van der Waals surface area contributed by atoms with Gasteiger partial charge < -0.3 is 10.1 Å². The Labute approximate surface area is 153 Å². The topological polar surface area (TPSA) is 105 Å². The lowest BCUT2D eigenvalue weighted by molar-refractivity contribution is -0.138. The molecule has 0 saturated carbocycles. The van der Waals surface area contributed by atoms with Crippen molar-refractivity contribution in [2.24, 2.45) is 5.92 Å². The molecule has 2 rings (SSSR count). The Hall–Kier alpha value is -2.29. The minimum absolute atomic E-state index is 0.0811. The van der Waals surface area contributed by atoms with Gasteiger partial charge in [0.2, 0.25) is 15.9 Å². The first-order chi connectivity index (χ1) is 12.1. The molecule has 0 radical (unpaired) electrons. The van der Waals surface area contributed by atoms with Crippen molar-refractivity contribution in [3.63, 3.8) is 0 Å². The number of carbonyl (C=O) groups is 2. The highest BCUT2D eigenvalue weighted by atomic mass is 32.2. The number of anilines is 2. The molecule has 1 aliphatic rings. The molecule has 144 valence electrons. The van der Waals surface area contributed by atoms with Crippen molar-refractivity contribution in [3.05, 3.63) is 18.2 Å². The van der Waals surface area contributed by atoms with Crippen molar-refractivity contribution < 1.29 is 22.7 Å². The second kappa shape index (κ2) is 7.94. The zero-order chi connectivity index (χ0) is 19.5. The van der Waals surface area contributed by atoms with Gasteiger partial charge in [0.15, 0.2) is 0 Å². The van der Waals surface area contributed by atoms with E-state index in [0.717, 1.165) is 12.7 Å². The summed E-state index contributed by atoms with van der Waals surface area (Å²) >= 11 is 0. The number of hydrogen-bond donors (Lipinski definition) is 2. The van der Waals surface area contributed by atoms with Crippen molar-refractivity contribution in [2.45, 2.75) is 32.7 Å². The molecule has 1 saturated heterocycles. The molecule has 0 unspecified atom stereocenters. The normalized spacial score (nSPS) is 17.7. The Balaban J connectivity index is 2.14. The molecule has 1 aliphatic heterocycles. The van der Waals surface area contributed by atoms with E-state index in [1.807, 2.05) is 13.8 Å². The van der Waals surface area contributed by atoms with E-state index in [0.29, 0.717) is 23.9 Å². The molecule has 2 N–H and O–H groups in total. The second-order valence-electron chi connectivity index (χ2n) is 6.76. The number of rotatable bonds is 8. The van der Waals surface area contributed by atoms with Crippen LogP contribution in [-0.2, 0) is 19.6 Å². The van der Waals surface area contributed by atoms with Gasteiger partial charge in [0, 0.05) is 12.2 Å². The van der Waals surface area contributed by atoms with Gasteiger partial charge in [-0.3, -0.25) is 19.2 Å². The van der Waals surface area contributed by atoms with Gasteiger partial charge in [-0.1, -0.05) is 13.8 Å². The molecule has 0 spiro atoms. The van der Waals surface area contributed by atoms with Gasteiger partial charge in [-0.25, -0.2) is 8.42 Å². The number of benzene rings is 1. The Morgan fingerprint density at radius 1 is 1.31 bits per heavy atom. The van der Waals surface area contributed by atoms with Crippen molar-refractivity contribution in [1.82, 2.24) is 4.90 Å². The van der Waals surface area contributed by atoms with E-state index in [4.69, 9.17) is 4.74 Å². The van der Waals surface area contributed by atoms with Crippen LogP contribution in [-0.4, -0.2) is 51.1 Å². The van der Waals surface area contributed by atoms with Crippen LogP contribution in [0.25, 0.3) is 0 Å². The van der Waals surface area contributed by atoms with Crippen LogP contribution < -0.4 is 14.8 Å². The smallest absolute Gasteiger partial charge is 0.252 e. The van der Waals surface area contributed by atoms with Gasteiger partial charge in [-0.05, 0) is 30.5 Å². The lowest BCUT2D eigenvalue weighted by atomic mass is 10.1. The van der Waals surface area contributed by atoms with Gasteiger partial charge in [0.05, 0.1) is 25.5 Å². The fraction of sp³-hybridized carbons (Fsp3) is 0.529. The summed E-state index contributed by atoms with van der Waals surface area (Å²) in [6.07, 6.45) is 1.88.